The number of piperazine rings is 1. The zero-order valence-corrected chi connectivity index (χ0v) is 16.0. The molecule has 134 valence electrons. The first-order valence-electron chi connectivity index (χ1n) is 9.07. The fraction of sp³-hybridized carbons (Fsp3) is 0.579. The van der Waals surface area contributed by atoms with Crippen molar-refractivity contribution >= 4 is 11.8 Å². The quantitative estimate of drug-likeness (QED) is 0.853. The minimum atomic E-state index is 0.616. The molecule has 1 aliphatic heterocycles. The van der Waals surface area contributed by atoms with Crippen LogP contribution in [0, 0.1) is 26.7 Å². The minimum Gasteiger partial charge on any atom is -0.352 e. The predicted molar refractivity (Wildman–Crippen MR) is 101 cm³/mol. The van der Waals surface area contributed by atoms with Gasteiger partial charge in [-0.3, -0.25) is 4.98 Å². The second-order valence-electron chi connectivity index (χ2n) is 7.21. The topological polar surface area (TPSA) is 58.0 Å². The highest BCUT2D eigenvalue weighted by atomic mass is 15.3. The molecule has 0 amide bonds. The van der Waals surface area contributed by atoms with Crippen LogP contribution in [0.4, 0.5) is 11.8 Å². The SMILES string of the molecule is Cc1nccnc1N1CCN(c2nc(C)c(CC(C)C)c(C)n2)CC1. The van der Waals surface area contributed by atoms with Crippen LogP contribution in [0.15, 0.2) is 12.4 Å². The summed E-state index contributed by atoms with van der Waals surface area (Å²) in [6.45, 7) is 14.3. The molecule has 0 atom stereocenters. The minimum absolute atomic E-state index is 0.616. The van der Waals surface area contributed by atoms with Crippen LogP contribution in [0.25, 0.3) is 0 Å². The third kappa shape index (κ3) is 3.89. The molecule has 2 aromatic rings. The lowest BCUT2D eigenvalue weighted by molar-refractivity contribution is 0.619. The van der Waals surface area contributed by atoms with E-state index in [4.69, 9.17) is 9.97 Å². The molecule has 1 saturated heterocycles. The van der Waals surface area contributed by atoms with Gasteiger partial charge in [0.2, 0.25) is 5.95 Å². The molecule has 3 rings (SSSR count). The second-order valence-corrected chi connectivity index (χ2v) is 7.21. The van der Waals surface area contributed by atoms with Crippen molar-refractivity contribution in [2.24, 2.45) is 5.92 Å². The number of hydrogen-bond acceptors (Lipinski definition) is 6. The van der Waals surface area contributed by atoms with E-state index in [0.717, 1.165) is 61.4 Å². The standard InChI is InChI=1S/C19H28N6/c1-13(2)12-17-14(3)22-19(23-15(17)4)25-10-8-24(9-11-25)18-16(5)20-6-7-21-18/h6-7,13H,8-12H2,1-5H3. The summed E-state index contributed by atoms with van der Waals surface area (Å²) < 4.78 is 0. The Hall–Kier alpha value is -2.24. The van der Waals surface area contributed by atoms with Crippen LogP contribution in [-0.2, 0) is 6.42 Å². The molecule has 3 heterocycles. The lowest BCUT2D eigenvalue weighted by Gasteiger charge is -2.36. The fourth-order valence-corrected chi connectivity index (χ4v) is 3.40. The van der Waals surface area contributed by atoms with E-state index in [0.29, 0.717) is 5.92 Å². The first-order chi connectivity index (χ1) is 12.0. The maximum Gasteiger partial charge on any atom is 0.225 e. The van der Waals surface area contributed by atoms with E-state index >= 15 is 0 Å². The van der Waals surface area contributed by atoms with Gasteiger partial charge in [-0.1, -0.05) is 13.8 Å². The van der Waals surface area contributed by atoms with Crippen LogP contribution in [0.2, 0.25) is 0 Å². The molecule has 0 radical (unpaired) electrons. The molecule has 6 nitrogen and oxygen atoms in total. The molecule has 6 heteroatoms. The van der Waals surface area contributed by atoms with Crippen molar-refractivity contribution in [2.45, 2.75) is 41.0 Å². The van der Waals surface area contributed by atoms with E-state index in [1.165, 1.54) is 5.56 Å². The van der Waals surface area contributed by atoms with Gasteiger partial charge in [-0.25, -0.2) is 15.0 Å². The molecule has 0 aromatic carbocycles. The summed E-state index contributed by atoms with van der Waals surface area (Å²) in [6, 6.07) is 0. The molecular weight excluding hydrogens is 312 g/mol. The Morgan fingerprint density at radius 3 is 1.96 bits per heavy atom. The van der Waals surface area contributed by atoms with E-state index in [2.05, 4.69) is 47.5 Å². The number of nitrogens with zero attached hydrogens (tertiary/aromatic N) is 6. The first kappa shape index (κ1) is 17.6. The maximum atomic E-state index is 4.79. The molecule has 0 unspecified atom stereocenters. The number of anilines is 2. The Balaban J connectivity index is 1.72. The first-order valence-corrected chi connectivity index (χ1v) is 9.07. The van der Waals surface area contributed by atoms with Crippen LogP contribution in [-0.4, -0.2) is 46.1 Å². The van der Waals surface area contributed by atoms with Crippen molar-refractivity contribution in [1.29, 1.82) is 0 Å². The van der Waals surface area contributed by atoms with Crippen molar-refractivity contribution in [3.63, 3.8) is 0 Å². The van der Waals surface area contributed by atoms with Gasteiger partial charge in [0.25, 0.3) is 0 Å². The Kier molecular flexibility index (Phi) is 5.16. The molecular formula is C19H28N6. The van der Waals surface area contributed by atoms with Gasteiger partial charge in [-0.2, -0.15) is 0 Å². The Labute approximate surface area is 150 Å². The van der Waals surface area contributed by atoms with Crippen LogP contribution >= 0.6 is 0 Å². The molecule has 0 bridgehead atoms. The van der Waals surface area contributed by atoms with Gasteiger partial charge in [0.15, 0.2) is 0 Å². The Morgan fingerprint density at radius 2 is 1.40 bits per heavy atom. The Morgan fingerprint density at radius 1 is 0.840 bits per heavy atom. The summed E-state index contributed by atoms with van der Waals surface area (Å²) in [5.41, 5.74) is 4.51. The summed E-state index contributed by atoms with van der Waals surface area (Å²) >= 11 is 0. The van der Waals surface area contributed by atoms with E-state index in [1.807, 2.05) is 6.92 Å². The lowest BCUT2D eigenvalue weighted by atomic mass is 10.0. The summed E-state index contributed by atoms with van der Waals surface area (Å²) in [7, 11) is 0. The van der Waals surface area contributed by atoms with Gasteiger partial charge in [-0.05, 0) is 38.7 Å². The van der Waals surface area contributed by atoms with E-state index in [-0.39, 0.29) is 0 Å². The van der Waals surface area contributed by atoms with Crippen molar-refractivity contribution in [3.8, 4) is 0 Å². The maximum absolute atomic E-state index is 4.79. The molecule has 0 spiro atoms. The van der Waals surface area contributed by atoms with Crippen LogP contribution in [0.1, 0.15) is 36.5 Å². The number of rotatable bonds is 4. The van der Waals surface area contributed by atoms with Crippen LogP contribution in [0.5, 0.6) is 0 Å². The van der Waals surface area contributed by atoms with Crippen molar-refractivity contribution < 1.29 is 0 Å². The zero-order valence-electron chi connectivity index (χ0n) is 16.0. The lowest BCUT2D eigenvalue weighted by Crippen LogP contribution is -2.47. The van der Waals surface area contributed by atoms with Crippen molar-refractivity contribution in [3.05, 3.63) is 35.0 Å². The smallest absolute Gasteiger partial charge is 0.225 e. The highest BCUT2D eigenvalue weighted by Crippen LogP contribution is 2.21. The van der Waals surface area contributed by atoms with Crippen LogP contribution in [0.3, 0.4) is 0 Å². The van der Waals surface area contributed by atoms with Gasteiger partial charge < -0.3 is 9.80 Å². The number of hydrogen-bond donors (Lipinski definition) is 0. The normalized spacial score (nSPS) is 15.1. The van der Waals surface area contributed by atoms with Gasteiger partial charge in [0.1, 0.15) is 5.82 Å². The zero-order chi connectivity index (χ0) is 18.0. The summed E-state index contributed by atoms with van der Waals surface area (Å²) in [5.74, 6) is 2.46. The fourth-order valence-electron chi connectivity index (χ4n) is 3.40. The summed E-state index contributed by atoms with van der Waals surface area (Å²) in [4.78, 5) is 23.0. The molecule has 0 aliphatic carbocycles. The number of aryl methyl sites for hydroxylation is 3. The summed E-state index contributed by atoms with van der Waals surface area (Å²) in [5, 5.41) is 0. The molecule has 1 aliphatic rings. The van der Waals surface area contributed by atoms with Gasteiger partial charge >= 0.3 is 0 Å². The average Bonchev–Trinajstić information content (AvgIpc) is 2.58. The van der Waals surface area contributed by atoms with Gasteiger partial charge in [0.05, 0.1) is 5.69 Å². The Bertz CT molecular complexity index is 711. The third-order valence-electron chi connectivity index (χ3n) is 4.74. The molecule has 1 fully saturated rings. The van der Waals surface area contributed by atoms with E-state index in [1.54, 1.807) is 12.4 Å². The van der Waals surface area contributed by atoms with Gasteiger partial charge in [0, 0.05) is 50.0 Å². The monoisotopic (exact) mass is 340 g/mol. The number of aromatic nitrogens is 4. The second kappa shape index (κ2) is 7.33. The highest BCUT2D eigenvalue weighted by molar-refractivity contribution is 5.45. The van der Waals surface area contributed by atoms with Gasteiger partial charge in [-0.15, -0.1) is 0 Å². The predicted octanol–water partition coefficient (Wildman–Crippen LogP) is 2.72. The van der Waals surface area contributed by atoms with Crippen LogP contribution < -0.4 is 9.80 Å². The van der Waals surface area contributed by atoms with Crippen molar-refractivity contribution in [2.75, 3.05) is 36.0 Å². The third-order valence-corrected chi connectivity index (χ3v) is 4.74. The molecule has 0 saturated carbocycles. The molecule has 0 N–H and O–H groups in total. The highest BCUT2D eigenvalue weighted by Gasteiger charge is 2.22. The van der Waals surface area contributed by atoms with E-state index < -0.39 is 0 Å². The average molecular weight is 340 g/mol. The largest absolute Gasteiger partial charge is 0.352 e. The molecule has 25 heavy (non-hydrogen) atoms. The molecule has 2 aromatic heterocycles. The van der Waals surface area contributed by atoms with Crippen molar-refractivity contribution in [1.82, 2.24) is 19.9 Å². The van der Waals surface area contributed by atoms with E-state index in [9.17, 15) is 0 Å². The summed E-state index contributed by atoms with van der Waals surface area (Å²) in [6.07, 6.45) is 4.54.